The van der Waals surface area contributed by atoms with E-state index in [9.17, 15) is 9.59 Å². The van der Waals surface area contributed by atoms with Gasteiger partial charge in [0.15, 0.2) is 0 Å². The van der Waals surface area contributed by atoms with Gasteiger partial charge in [0.05, 0.1) is 6.07 Å². The van der Waals surface area contributed by atoms with Crippen LogP contribution in [0.2, 0.25) is 0 Å². The summed E-state index contributed by atoms with van der Waals surface area (Å²) in [5.41, 5.74) is 0.0879. The molecular weight excluding hydrogens is 290 g/mol. The number of ketones is 1. The van der Waals surface area contributed by atoms with E-state index in [-0.39, 0.29) is 17.4 Å². The lowest BCUT2D eigenvalue weighted by Crippen LogP contribution is -2.42. The Morgan fingerprint density at radius 2 is 2.04 bits per heavy atom. The molecule has 0 unspecified atom stereocenters. The minimum Gasteiger partial charge on any atom is -0.333 e. The van der Waals surface area contributed by atoms with Gasteiger partial charge in [-0.25, -0.2) is 0 Å². The lowest BCUT2D eigenvalue weighted by atomic mass is 9.84. The summed E-state index contributed by atoms with van der Waals surface area (Å²) in [6.45, 7) is 3.25. The van der Waals surface area contributed by atoms with Gasteiger partial charge in [0, 0.05) is 18.5 Å². The molecule has 0 bridgehead atoms. The quantitative estimate of drug-likeness (QED) is 0.906. The highest BCUT2D eigenvalue weighted by molar-refractivity contribution is 5.93. The molecule has 1 amide bonds. The zero-order chi connectivity index (χ0) is 16.9. The number of Topliss-reactive ketones (excluding diaryl/α,β-unsaturated/α-hetero) is 1. The molecule has 1 aromatic rings. The maximum Gasteiger partial charge on any atom is 0.271 e. The average molecular weight is 313 g/mol. The zero-order valence-corrected chi connectivity index (χ0v) is 13.8. The molecule has 0 saturated heterocycles. The van der Waals surface area contributed by atoms with Crippen LogP contribution < -0.4 is 5.32 Å². The first-order valence-corrected chi connectivity index (χ1v) is 8.13. The molecule has 122 valence electrons. The lowest BCUT2D eigenvalue weighted by molar-refractivity contribution is -0.123. The number of rotatable bonds is 5. The topological polar surface area (TPSA) is 82.9 Å². The fourth-order valence-corrected chi connectivity index (χ4v) is 2.85. The molecule has 5 nitrogen and oxygen atoms in total. The summed E-state index contributed by atoms with van der Waals surface area (Å²) in [6, 6.07) is 5.43. The number of pyridine rings is 1. The van der Waals surface area contributed by atoms with Gasteiger partial charge in [-0.2, -0.15) is 5.26 Å². The number of nitrogens with zero attached hydrogens (tertiary/aromatic N) is 2. The van der Waals surface area contributed by atoms with Crippen molar-refractivity contribution in [3.05, 3.63) is 29.6 Å². The van der Waals surface area contributed by atoms with Crippen LogP contribution >= 0.6 is 0 Å². The summed E-state index contributed by atoms with van der Waals surface area (Å²) in [5, 5.41) is 11.6. The van der Waals surface area contributed by atoms with Crippen molar-refractivity contribution >= 4 is 11.7 Å². The van der Waals surface area contributed by atoms with Crippen LogP contribution in [0.25, 0.3) is 0 Å². The van der Waals surface area contributed by atoms with Gasteiger partial charge in [0.1, 0.15) is 17.0 Å². The summed E-state index contributed by atoms with van der Waals surface area (Å²) in [7, 11) is 0. The third-order valence-electron chi connectivity index (χ3n) is 4.20. The van der Waals surface area contributed by atoms with Crippen LogP contribution in [0.4, 0.5) is 0 Å². The molecule has 0 atom stereocenters. The van der Waals surface area contributed by atoms with Crippen molar-refractivity contribution in [3.63, 3.8) is 0 Å². The Labute approximate surface area is 137 Å². The molecule has 0 aromatic carbocycles. The summed E-state index contributed by atoms with van der Waals surface area (Å²) >= 11 is 0. The first-order valence-electron chi connectivity index (χ1n) is 8.13. The van der Waals surface area contributed by atoms with Crippen LogP contribution in [0.15, 0.2) is 18.3 Å². The fourth-order valence-electron chi connectivity index (χ4n) is 2.85. The van der Waals surface area contributed by atoms with Crippen molar-refractivity contribution in [1.82, 2.24) is 10.3 Å². The lowest BCUT2D eigenvalue weighted by Gasteiger charge is -2.20. The Balaban J connectivity index is 2.03. The van der Waals surface area contributed by atoms with Crippen LogP contribution in [0.3, 0.4) is 0 Å². The highest BCUT2D eigenvalue weighted by Gasteiger charge is 2.23. The van der Waals surface area contributed by atoms with Gasteiger partial charge < -0.3 is 5.32 Å². The van der Waals surface area contributed by atoms with E-state index in [0.717, 1.165) is 31.2 Å². The number of carbonyl (C=O) groups excluding carboxylic acids is 2. The predicted octanol–water partition coefficient (Wildman–Crippen LogP) is 2.81. The monoisotopic (exact) mass is 313 g/mol. The van der Waals surface area contributed by atoms with Gasteiger partial charge in [-0.15, -0.1) is 0 Å². The number of hydrogen-bond acceptors (Lipinski definition) is 4. The molecule has 5 heteroatoms. The van der Waals surface area contributed by atoms with Crippen LogP contribution in [0, 0.1) is 17.2 Å². The molecule has 1 aliphatic carbocycles. The van der Waals surface area contributed by atoms with E-state index in [1.807, 2.05) is 6.07 Å². The van der Waals surface area contributed by atoms with Gasteiger partial charge >= 0.3 is 0 Å². The van der Waals surface area contributed by atoms with Gasteiger partial charge in [0.25, 0.3) is 5.91 Å². The maximum absolute atomic E-state index is 12.4. The third kappa shape index (κ3) is 4.88. The van der Waals surface area contributed by atoms with Crippen LogP contribution in [0.1, 0.15) is 62.0 Å². The second-order valence-corrected chi connectivity index (χ2v) is 6.72. The van der Waals surface area contributed by atoms with E-state index in [1.54, 1.807) is 26.0 Å². The maximum atomic E-state index is 12.4. The molecule has 1 fully saturated rings. The molecule has 0 radical (unpaired) electrons. The van der Waals surface area contributed by atoms with Crippen molar-refractivity contribution in [3.8, 4) is 6.07 Å². The predicted molar refractivity (Wildman–Crippen MR) is 86.7 cm³/mol. The Morgan fingerprint density at radius 1 is 1.35 bits per heavy atom. The average Bonchev–Trinajstić information content (AvgIpc) is 2.55. The van der Waals surface area contributed by atoms with Gasteiger partial charge in [0.2, 0.25) is 0 Å². The number of nitrogens with one attached hydrogen (secondary N) is 1. The molecule has 0 aliphatic heterocycles. The molecule has 1 aromatic heterocycles. The van der Waals surface area contributed by atoms with Gasteiger partial charge in [-0.3, -0.25) is 14.6 Å². The summed E-state index contributed by atoms with van der Waals surface area (Å²) in [5.74, 6) is 0.00911. The van der Waals surface area contributed by atoms with Crippen molar-refractivity contribution in [2.75, 3.05) is 0 Å². The van der Waals surface area contributed by atoms with Crippen LogP contribution in [0.5, 0.6) is 0 Å². The number of nitriles is 1. The first-order chi connectivity index (χ1) is 10.9. The molecule has 1 saturated carbocycles. The van der Waals surface area contributed by atoms with Crippen molar-refractivity contribution in [2.45, 2.75) is 57.9 Å². The molecule has 23 heavy (non-hydrogen) atoms. The smallest absolute Gasteiger partial charge is 0.271 e. The fraction of sp³-hybridized carbons (Fsp3) is 0.556. The minimum atomic E-state index is -0.952. The molecule has 0 spiro atoms. The Morgan fingerprint density at radius 3 is 2.70 bits per heavy atom. The van der Waals surface area contributed by atoms with Crippen LogP contribution in [-0.2, 0) is 11.2 Å². The number of carbonyl (C=O) groups is 2. The second kappa shape index (κ2) is 7.36. The number of amides is 1. The highest BCUT2D eigenvalue weighted by Crippen LogP contribution is 2.25. The molecule has 1 heterocycles. The molecule has 1 aliphatic rings. The van der Waals surface area contributed by atoms with E-state index < -0.39 is 11.4 Å². The molecular formula is C18H23N3O2. The highest BCUT2D eigenvalue weighted by atomic mass is 16.2. The Hall–Kier alpha value is -2.22. The number of hydrogen-bond donors (Lipinski definition) is 1. The SMILES string of the molecule is CC(C)(C#N)NC(=O)c1cc(CC(=O)C2CCCCC2)ccn1. The van der Waals surface area contributed by atoms with Gasteiger partial charge in [-0.05, 0) is 44.4 Å². The summed E-state index contributed by atoms with van der Waals surface area (Å²) < 4.78 is 0. The third-order valence-corrected chi connectivity index (χ3v) is 4.20. The van der Waals surface area contributed by atoms with E-state index in [1.165, 1.54) is 12.6 Å². The van der Waals surface area contributed by atoms with Crippen LogP contribution in [-0.4, -0.2) is 22.2 Å². The summed E-state index contributed by atoms with van der Waals surface area (Å²) in [6.07, 6.45) is 7.32. The standard InChI is InChI=1S/C18H23N3O2/c1-18(2,12-19)21-17(23)15-10-13(8-9-20-15)11-16(22)14-6-4-3-5-7-14/h8-10,14H,3-7,11H2,1-2H3,(H,21,23). The normalized spacial score (nSPS) is 15.7. The second-order valence-electron chi connectivity index (χ2n) is 6.72. The van der Waals surface area contributed by atoms with E-state index >= 15 is 0 Å². The largest absolute Gasteiger partial charge is 0.333 e. The van der Waals surface area contributed by atoms with E-state index in [0.29, 0.717) is 6.42 Å². The molecule has 1 N–H and O–H groups in total. The van der Waals surface area contributed by atoms with Crippen molar-refractivity contribution in [2.24, 2.45) is 5.92 Å². The van der Waals surface area contributed by atoms with E-state index in [2.05, 4.69) is 10.3 Å². The zero-order valence-electron chi connectivity index (χ0n) is 13.8. The first kappa shape index (κ1) is 17.1. The van der Waals surface area contributed by atoms with E-state index in [4.69, 9.17) is 5.26 Å². The molecule has 2 rings (SSSR count). The minimum absolute atomic E-state index is 0.159. The Kier molecular flexibility index (Phi) is 5.49. The van der Waals surface area contributed by atoms with Crippen molar-refractivity contribution in [1.29, 1.82) is 5.26 Å². The van der Waals surface area contributed by atoms with Crippen molar-refractivity contribution < 1.29 is 9.59 Å². The van der Waals surface area contributed by atoms with Gasteiger partial charge in [-0.1, -0.05) is 19.3 Å². The summed E-state index contributed by atoms with van der Waals surface area (Å²) in [4.78, 5) is 28.6. The number of aromatic nitrogens is 1. The Bertz CT molecular complexity index is 625.